The summed E-state index contributed by atoms with van der Waals surface area (Å²) in [6, 6.07) is 6.08. The molecule has 74 valence electrons. The smallest absolute Gasteiger partial charge is 0.260 e. The molecule has 1 aromatic rings. The summed E-state index contributed by atoms with van der Waals surface area (Å²) in [5.41, 5.74) is 2.81. The first-order valence-electron chi connectivity index (χ1n) is 4.75. The summed E-state index contributed by atoms with van der Waals surface area (Å²) >= 11 is 10.2. The minimum atomic E-state index is 0.0563. The van der Waals surface area contributed by atoms with E-state index in [-0.39, 0.29) is 4.51 Å². The molecular formula is C11H11ClOS. The highest BCUT2D eigenvalue weighted by Crippen LogP contribution is 2.25. The Morgan fingerprint density at radius 2 is 1.93 bits per heavy atom. The molecule has 14 heavy (non-hydrogen) atoms. The minimum Gasteiger partial charge on any atom is -0.436 e. The summed E-state index contributed by atoms with van der Waals surface area (Å²) in [6.45, 7) is 0. The van der Waals surface area contributed by atoms with E-state index in [0.29, 0.717) is 0 Å². The average molecular weight is 227 g/mol. The fourth-order valence-corrected chi connectivity index (χ4v) is 2.05. The number of hydrogen-bond donors (Lipinski definition) is 0. The van der Waals surface area contributed by atoms with Gasteiger partial charge in [0.2, 0.25) is 0 Å². The largest absolute Gasteiger partial charge is 0.436 e. The molecule has 0 aliphatic heterocycles. The number of ether oxygens (including phenoxy) is 1. The quantitative estimate of drug-likeness (QED) is 0.536. The van der Waals surface area contributed by atoms with E-state index in [0.717, 1.165) is 12.2 Å². The topological polar surface area (TPSA) is 9.23 Å². The minimum absolute atomic E-state index is 0.0563. The molecule has 0 bridgehead atoms. The second kappa shape index (κ2) is 4.28. The molecule has 0 aromatic heterocycles. The van der Waals surface area contributed by atoms with Crippen LogP contribution in [-0.2, 0) is 12.8 Å². The monoisotopic (exact) mass is 226 g/mol. The van der Waals surface area contributed by atoms with Gasteiger partial charge in [0, 0.05) is 0 Å². The van der Waals surface area contributed by atoms with Gasteiger partial charge in [-0.1, -0.05) is 6.07 Å². The summed E-state index contributed by atoms with van der Waals surface area (Å²) in [7, 11) is 0. The van der Waals surface area contributed by atoms with E-state index in [2.05, 4.69) is 18.3 Å². The zero-order valence-electron chi connectivity index (χ0n) is 7.75. The molecule has 1 aliphatic rings. The SMILES string of the molecule is S=C(Cl)Oc1ccc2c(c1)CCCC2. The molecule has 0 spiro atoms. The summed E-state index contributed by atoms with van der Waals surface area (Å²) in [5.74, 6) is 0.755. The standard InChI is InChI=1S/C11H11ClOS/c12-11(14)13-10-6-5-8-3-1-2-4-9(8)7-10/h5-7H,1-4H2. The molecule has 0 N–H and O–H groups in total. The van der Waals surface area contributed by atoms with Crippen molar-refractivity contribution in [2.45, 2.75) is 25.7 Å². The normalized spacial score (nSPS) is 14.6. The highest BCUT2D eigenvalue weighted by atomic mass is 35.5. The summed E-state index contributed by atoms with van der Waals surface area (Å²) in [4.78, 5) is 0. The first-order valence-corrected chi connectivity index (χ1v) is 5.53. The highest BCUT2D eigenvalue weighted by Gasteiger charge is 2.10. The Kier molecular flexibility index (Phi) is 3.04. The van der Waals surface area contributed by atoms with Gasteiger partial charge in [0.1, 0.15) is 5.75 Å². The second-order valence-electron chi connectivity index (χ2n) is 3.48. The van der Waals surface area contributed by atoms with Crippen molar-refractivity contribution in [1.29, 1.82) is 0 Å². The Morgan fingerprint density at radius 1 is 1.21 bits per heavy atom. The van der Waals surface area contributed by atoms with Crippen LogP contribution in [0.15, 0.2) is 18.2 Å². The number of aryl methyl sites for hydroxylation is 2. The third kappa shape index (κ3) is 2.25. The fraction of sp³-hybridized carbons (Fsp3) is 0.364. The third-order valence-electron chi connectivity index (χ3n) is 2.52. The lowest BCUT2D eigenvalue weighted by Gasteiger charge is -2.16. The van der Waals surface area contributed by atoms with E-state index in [9.17, 15) is 0 Å². The van der Waals surface area contributed by atoms with E-state index in [1.165, 1.54) is 30.4 Å². The molecular weight excluding hydrogens is 216 g/mol. The van der Waals surface area contributed by atoms with Crippen LogP contribution in [0, 0.1) is 0 Å². The van der Waals surface area contributed by atoms with E-state index in [1.807, 2.05) is 12.1 Å². The van der Waals surface area contributed by atoms with Gasteiger partial charge in [-0.3, -0.25) is 0 Å². The molecule has 1 aliphatic carbocycles. The number of halogens is 1. The third-order valence-corrected chi connectivity index (χ3v) is 2.68. The van der Waals surface area contributed by atoms with Gasteiger partial charge in [-0.05, 0) is 72.8 Å². The van der Waals surface area contributed by atoms with Gasteiger partial charge in [-0.15, -0.1) is 0 Å². The molecule has 3 heteroatoms. The predicted octanol–water partition coefficient (Wildman–Crippen LogP) is 3.47. The van der Waals surface area contributed by atoms with Crippen LogP contribution in [0.5, 0.6) is 5.75 Å². The first-order chi connectivity index (χ1) is 6.75. The maximum Gasteiger partial charge on any atom is 0.260 e. The van der Waals surface area contributed by atoms with Crippen LogP contribution in [0.2, 0.25) is 0 Å². The van der Waals surface area contributed by atoms with Crippen LogP contribution in [-0.4, -0.2) is 4.51 Å². The van der Waals surface area contributed by atoms with Crippen LogP contribution in [0.4, 0.5) is 0 Å². The lowest BCUT2D eigenvalue weighted by Crippen LogP contribution is -2.03. The van der Waals surface area contributed by atoms with Crippen LogP contribution in [0.25, 0.3) is 0 Å². The second-order valence-corrected chi connectivity index (χ2v) is 4.42. The summed E-state index contributed by atoms with van der Waals surface area (Å²) < 4.78 is 5.23. The Morgan fingerprint density at radius 3 is 2.64 bits per heavy atom. The number of benzene rings is 1. The maximum atomic E-state index is 5.50. The van der Waals surface area contributed by atoms with Crippen molar-refractivity contribution >= 4 is 28.3 Å². The molecule has 2 rings (SSSR count). The van der Waals surface area contributed by atoms with Gasteiger partial charge in [-0.2, -0.15) is 0 Å². The van der Waals surface area contributed by atoms with Crippen LogP contribution in [0.1, 0.15) is 24.0 Å². The van der Waals surface area contributed by atoms with Crippen molar-refractivity contribution in [3.8, 4) is 5.75 Å². The van der Waals surface area contributed by atoms with Crippen LogP contribution in [0.3, 0.4) is 0 Å². The Hall–Kier alpha value is -0.600. The van der Waals surface area contributed by atoms with E-state index >= 15 is 0 Å². The number of fused-ring (bicyclic) bond motifs is 1. The van der Waals surface area contributed by atoms with Gasteiger partial charge in [-0.25, -0.2) is 0 Å². The highest BCUT2D eigenvalue weighted by molar-refractivity contribution is 7.82. The van der Waals surface area contributed by atoms with Crippen LogP contribution < -0.4 is 4.74 Å². The first kappa shape index (κ1) is 9.94. The van der Waals surface area contributed by atoms with Crippen molar-refractivity contribution in [1.82, 2.24) is 0 Å². The lowest BCUT2D eigenvalue weighted by molar-refractivity contribution is 0.573. The van der Waals surface area contributed by atoms with E-state index < -0.39 is 0 Å². The number of rotatable bonds is 1. The zero-order chi connectivity index (χ0) is 9.97. The summed E-state index contributed by atoms with van der Waals surface area (Å²) in [6.07, 6.45) is 4.88. The van der Waals surface area contributed by atoms with Crippen LogP contribution >= 0.6 is 23.8 Å². The molecule has 0 unspecified atom stereocenters. The predicted molar refractivity (Wildman–Crippen MR) is 62.2 cm³/mol. The lowest BCUT2D eigenvalue weighted by atomic mass is 9.92. The molecule has 0 heterocycles. The molecule has 0 atom stereocenters. The van der Waals surface area contributed by atoms with E-state index in [1.54, 1.807) is 0 Å². The summed E-state index contributed by atoms with van der Waals surface area (Å²) in [5, 5.41) is 0. The molecule has 0 fully saturated rings. The molecule has 1 aromatic carbocycles. The van der Waals surface area contributed by atoms with Crippen molar-refractivity contribution in [3.63, 3.8) is 0 Å². The van der Waals surface area contributed by atoms with E-state index in [4.69, 9.17) is 16.3 Å². The van der Waals surface area contributed by atoms with Gasteiger partial charge >= 0.3 is 0 Å². The van der Waals surface area contributed by atoms with Gasteiger partial charge in [0.15, 0.2) is 0 Å². The molecule has 1 nitrogen and oxygen atoms in total. The van der Waals surface area contributed by atoms with Crippen molar-refractivity contribution in [3.05, 3.63) is 29.3 Å². The van der Waals surface area contributed by atoms with Gasteiger partial charge in [0.25, 0.3) is 4.51 Å². The molecule has 0 saturated carbocycles. The van der Waals surface area contributed by atoms with Gasteiger partial charge in [0.05, 0.1) is 0 Å². The zero-order valence-corrected chi connectivity index (χ0v) is 9.33. The molecule has 0 amide bonds. The Bertz CT molecular complexity index is 362. The Labute approximate surface area is 94.0 Å². The van der Waals surface area contributed by atoms with Crippen molar-refractivity contribution < 1.29 is 4.74 Å². The number of thiocarbonyl (C=S) groups is 1. The molecule has 0 saturated heterocycles. The fourth-order valence-electron chi connectivity index (χ4n) is 1.87. The average Bonchev–Trinajstić information content (AvgIpc) is 2.17. The van der Waals surface area contributed by atoms with Crippen molar-refractivity contribution in [2.24, 2.45) is 0 Å². The van der Waals surface area contributed by atoms with Gasteiger partial charge < -0.3 is 4.74 Å². The maximum absolute atomic E-state index is 5.50. The molecule has 0 radical (unpaired) electrons. The Balaban J connectivity index is 2.24. The number of hydrogen-bond acceptors (Lipinski definition) is 2. The van der Waals surface area contributed by atoms with Crippen molar-refractivity contribution in [2.75, 3.05) is 0 Å².